The maximum atomic E-state index is 12.8. The molecule has 6 heteroatoms. The van der Waals surface area contributed by atoms with Crippen molar-refractivity contribution in [3.63, 3.8) is 0 Å². The molecule has 4 rings (SSSR count). The van der Waals surface area contributed by atoms with Crippen LogP contribution in [0.3, 0.4) is 0 Å². The second-order valence-electron chi connectivity index (χ2n) is 6.46. The minimum atomic E-state index is -0.0185. The standard InChI is InChI=1S/C21H22N4O2/c1-27-19-9-5-8-18(16-19)23-12-14-24(15-13-23)21(26)20-10-11-25(22-20)17-6-3-2-4-7-17/h2-11,16H,12-15H2,1H3. The van der Waals surface area contributed by atoms with Gasteiger partial charge in [0.25, 0.3) is 5.91 Å². The molecule has 1 aromatic heterocycles. The Bertz CT molecular complexity index is 915. The molecular weight excluding hydrogens is 340 g/mol. The van der Waals surface area contributed by atoms with Crippen LogP contribution >= 0.6 is 0 Å². The third kappa shape index (κ3) is 3.65. The fourth-order valence-electron chi connectivity index (χ4n) is 3.30. The third-order valence-corrected chi connectivity index (χ3v) is 4.81. The molecule has 1 saturated heterocycles. The summed E-state index contributed by atoms with van der Waals surface area (Å²) in [4.78, 5) is 16.9. The maximum absolute atomic E-state index is 12.8. The molecule has 1 aliphatic heterocycles. The summed E-state index contributed by atoms with van der Waals surface area (Å²) in [6.45, 7) is 2.93. The minimum absolute atomic E-state index is 0.0185. The predicted octanol–water partition coefficient (Wildman–Crippen LogP) is 2.84. The number of piperazine rings is 1. The zero-order valence-electron chi connectivity index (χ0n) is 15.3. The highest BCUT2D eigenvalue weighted by molar-refractivity contribution is 5.92. The Morgan fingerprint density at radius 2 is 1.67 bits per heavy atom. The Balaban J connectivity index is 1.41. The first kappa shape index (κ1) is 17.1. The summed E-state index contributed by atoms with van der Waals surface area (Å²) in [7, 11) is 1.67. The van der Waals surface area contributed by atoms with Gasteiger partial charge in [-0.25, -0.2) is 4.68 Å². The van der Waals surface area contributed by atoms with Gasteiger partial charge in [0, 0.05) is 44.1 Å². The van der Waals surface area contributed by atoms with Gasteiger partial charge in [0.1, 0.15) is 5.75 Å². The molecule has 1 aliphatic rings. The molecule has 1 fully saturated rings. The summed E-state index contributed by atoms with van der Waals surface area (Å²) in [5.41, 5.74) is 2.54. The number of ether oxygens (including phenoxy) is 1. The molecule has 0 saturated carbocycles. The first-order valence-electron chi connectivity index (χ1n) is 9.04. The minimum Gasteiger partial charge on any atom is -0.497 e. The van der Waals surface area contributed by atoms with Gasteiger partial charge in [-0.2, -0.15) is 5.10 Å². The van der Waals surface area contributed by atoms with Crippen LogP contribution in [0.15, 0.2) is 66.9 Å². The van der Waals surface area contributed by atoms with Crippen molar-refractivity contribution < 1.29 is 9.53 Å². The van der Waals surface area contributed by atoms with Crippen molar-refractivity contribution in [2.75, 3.05) is 38.2 Å². The van der Waals surface area contributed by atoms with E-state index in [4.69, 9.17) is 4.74 Å². The number of carbonyl (C=O) groups excluding carboxylic acids is 1. The lowest BCUT2D eigenvalue weighted by Gasteiger charge is -2.35. The quantitative estimate of drug-likeness (QED) is 0.716. The Hall–Kier alpha value is -3.28. The van der Waals surface area contributed by atoms with E-state index in [-0.39, 0.29) is 5.91 Å². The lowest BCUT2D eigenvalue weighted by Crippen LogP contribution is -2.48. The summed E-state index contributed by atoms with van der Waals surface area (Å²) < 4.78 is 7.04. The molecule has 0 spiro atoms. The Kier molecular flexibility index (Phi) is 4.78. The Morgan fingerprint density at radius 1 is 0.926 bits per heavy atom. The molecule has 0 N–H and O–H groups in total. The van der Waals surface area contributed by atoms with Crippen molar-refractivity contribution in [1.29, 1.82) is 0 Å². The van der Waals surface area contributed by atoms with Crippen molar-refractivity contribution in [1.82, 2.24) is 14.7 Å². The number of aromatic nitrogens is 2. The van der Waals surface area contributed by atoms with Gasteiger partial charge in [-0.15, -0.1) is 0 Å². The van der Waals surface area contributed by atoms with E-state index in [2.05, 4.69) is 16.1 Å². The Labute approximate surface area is 158 Å². The highest BCUT2D eigenvalue weighted by Crippen LogP contribution is 2.22. The summed E-state index contributed by atoms with van der Waals surface area (Å²) >= 11 is 0. The first-order chi connectivity index (χ1) is 13.2. The average molecular weight is 362 g/mol. The molecule has 138 valence electrons. The number of hydrogen-bond acceptors (Lipinski definition) is 4. The van der Waals surface area contributed by atoms with E-state index in [1.807, 2.05) is 59.6 Å². The highest BCUT2D eigenvalue weighted by Gasteiger charge is 2.24. The van der Waals surface area contributed by atoms with Crippen LogP contribution in [0.2, 0.25) is 0 Å². The lowest BCUT2D eigenvalue weighted by atomic mass is 10.2. The van der Waals surface area contributed by atoms with E-state index < -0.39 is 0 Å². The summed E-state index contributed by atoms with van der Waals surface area (Å²) in [6.07, 6.45) is 1.83. The van der Waals surface area contributed by atoms with Gasteiger partial charge in [0.05, 0.1) is 12.8 Å². The van der Waals surface area contributed by atoms with Crippen molar-refractivity contribution in [2.24, 2.45) is 0 Å². The maximum Gasteiger partial charge on any atom is 0.274 e. The predicted molar refractivity (Wildman–Crippen MR) is 105 cm³/mol. The van der Waals surface area contributed by atoms with Crippen molar-refractivity contribution >= 4 is 11.6 Å². The zero-order valence-corrected chi connectivity index (χ0v) is 15.3. The average Bonchev–Trinajstić information content (AvgIpc) is 3.24. The van der Waals surface area contributed by atoms with Gasteiger partial charge in [0.15, 0.2) is 5.69 Å². The van der Waals surface area contributed by atoms with Crippen LogP contribution in [0.4, 0.5) is 5.69 Å². The number of anilines is 1. The van der Waals surface area contributed by atoms with Gasteiger partial charge in [-0.1, -0.05) is 24.3 Å². The molecule has 27 heavy (non-hydrogen) atoms. The lowest BCUT2D eigenvalue weighted by molar-refractivity contribution is 0.0740. The summed E-state index contributed by atoms with van der Waals surface area (Å²) in [6, 6.07) is 19.6. The number of nitrogens with zero attached hydrogens (tertiary/aromatic N) is 4. The van der Waals surface area contributed by atoms with Gasteiger partial charge >= 0.3 is 0 Å². The molecule has 0 atom stereocenters. The molecule has 0 radical (unpaired) electrons. The van der Waals surface area contributed by atoms with E-state index in [0.717, 1.165) is 30.2 Å². The molecule has 2 aromatic carbocycles. The topological polar surface area (TPSA) is 50.6 Å². The second kappa shape index (κ2) is 7.53. The van der Waals surface area contributed by atoms with E-state index in [1.54, 1.807) is 17.9 Å². The zero-order chi connectivity index (χ0) is 18.6. The summed E-state index contributed by atoms with van der Waals surface area (Å²) in [5, 5.41) is 4.45. The fourth-order valence-corrected chi connectivity index (χ4v) is 3.30. The molecule has 3 aromatic rings. The van der Waals surface area contributed by atoms with Gasteiger partial charge in [0.2, 0.25) is 0 Å². The second-order valence-corrected chi connectivity index (χ2v) is 6.46. The SMILES string of the molecule is COc1cccc(N2CCN(C(=O)c3ccn(-c4ccccc4)n3)CC2)c1. The van der Waals surface area contributed by atoms with Crippen LogP contribution in [-0.2, 0) is 0 Å². The molecule has 1 amide bonds. The van der Waals surface area contributed by atoms with Crippen LogP contribution in [-0.4, -0.2) is 53.9 Å². The van der Waals surface area contributed by atoms with E-state index in [1.165, 1.54) is 0 Å². The number of carbonyl (C=O) groups is 1. The van der Waals surface area contributed by atoms with E-state index in [9.17, 15) is 4.79 Å². The van der Waals surface area contributed by atoms with Crippen LogP contribution in [0, 0.1) is 0 Å². The number of rotatable bonds is 4. The number of methoxy groups -OCH3 is 1. The fraction of sp³-hybridized carbons (Fsp3) is 0.238. The molecule has 0 bridgehead atoms. The highest BCUT2D eigenvalue weighted by atomic mass is 16.5. The van der Waals surface area contributed by atoms with Crippen LogP contribution < -0.4 is 9.64 Å². The number of amides is 1. The van der Waals surface area contributed by atoms with Gasteiger partial charge in [-0.05, 0) is 30.3 Å². The van der Waals surface area contributed by atoms with Crippen molar-refractivity contribution in [3.05, 3.63) is 72.6 Å². The molecule has 2 heterocycles. The van der Waals surface area contributed by atoms with Gasteiger partial charge < -0.3 is 14.5 Å². The normalized spacial score (nSPS) is 14.3. The first-order valence-corrected chi connectivity index (χ1v) is 9.04. The van der Waals surface area contributed by atoms with Crippen LogP contribution in [0.1, 0.15) is 10.5 Å². The van der Waals surface area contributed by atoms with Gasteiger partial charge in [-0.3, -0.25) is 4.79 Å². The monoisotopic (exact) mass is 362 g/mol. The van der Waals surface area contributed by atoms with E-state index in [0.29, 0.717) is 18.8 Å². The molecule has 6 nitrogen and oxygen atoms in total. The van der Waals surface area contributed by atoms with E-state index >= 15 is 0 Å². The number of para-hydroxylation sites is 1. The Morgan fingerprint density at radius 3 is 2.41 bits per heavy atom. The third-order valence-electron chi connectivity index (χ3n) is 4.81. The molecule has 0 aliphatic carbocycles. The number of hydrogen-bond donors (Lipinski definition) is 0. The smallest absolute Gasteiger partial charge is 0.274 e. The largest absolute Gasteiger partial charge is 0.497 e. The molecular formula is C21H22N4O2. The summed E-state index contributed by atoms with van der Waals surface area (Å²) in [5.74, 6) is 0.826. The van der Waals surface area contributed by atoms with Crippen LogP contribution in [0.5, 0.6) is 5.75 Å². The van der Waals surface area contributed by atoms with Crippen molar-refractivity contribution in [3.8, 4) is 11.4 Å². The van der Waals surface area contributed by atoms with Crippen molar-refractivity contribution in [2.45, 2.75) is 0 Å². The van der Waals surface area contributed by atoms with Crippen LogP contribution in [0.25, 0.3) is 5.69 Å². The number of benzene rings is 2. The molecule has 0 unspecified atom stereocenters.